The Bertz CT molecular complexity index is 591. The fraction of sp³-hybridized carbons (Fsp3) is 0.692. The topological polar surface area (TPSA) is 119 Å². The third kappa shape index (κ3) is 2.58. The standard InChI is InChI=1S/C13H22N6O4/c1-17(2)13-16-12-10(11(14)19(13)22-3)15-6-18(12)9-4-7(21)8(5-20)23-9/h6-9,13-14,16,20-21H,4-5H2,1-3H3/t7-,8+,9+,13?/m0/s1/i14+1,15+1. The molecule has 4 N–H and O–H groups in total. The molecular formula is C13H22N6O4. The van der Waals surface area contributed by atoms with E-state index in [0.29, 0.717) is 17.9 Å². The zero-order chi connectivity index (χ0) is 16.7. The molecule has 1 aromatic heterocycles. The number of hydrogen-bond donors (Lipinski definition) is 4. The van der Waals surface area contributed by atoms with Crippen molar-refractivity contribution in [2.75, 3.05) is 33.1 Å². The molecule has 1 saturated heterocycles. The first kappa shape index (κ1) is 16.1. The Hall–Kier alpha value is -1.72. The molecule has 0 aromatic carbocycles. The van der Waals surface area contributed by atoms with E-state index in [1.807, 2.05) is 19.0 Å². The zero-order valence-electron chi connectivity index (χ0n) is 13.3. The summed E-state index contributed by atoms with van der Waals surface area (Å²) < 4.78 is 7.41. The number of hydrogen-bond acceptors (Lipinski definition) is 8. The Morgan fingerprint density at radius 2 is 2.30 bits per heavy atom. The fourth-order valence-corrected chi connectivity index (χ4v) is 2.88. The van der Waals surface area contributed by atoms with Gasteiger partial charge in [0.15, 0.2) is 12.1 Å². The second kappa shape index (κ2) is 6.06. The summed E-state index contributed by atoms with van der Waals surface area (Å²) in [5.41, 5.74) is 0.440. The van der Waals surface area contributed by atoms with E-state index in [0.717, 1.165) is 0 Å². The number of fused-ring (bicyclic) bond motifs is 1. The molecule has 128 valence electrons. The normalized spacial score (nSPS) is 30.7. The predicted octanol–water partition coefficient (Wildman–Crippen LogP) is -1.02. The van der Waals surface area contributed by atoms with Crippen LogP contribution in [-0.4, -0.2) is 81.9 Å². The summed E-state index contributed by atoms with van der Waals surface area (Å²) in [7, 11) is 5.22. The highest BCUT2D eigenvalue weighted by molar-refractivity contribution is 6.00. The van der Waals surface area contributed by atoms with E-state index in [4.69, 9.17) is 15.0 Å². The number of amidine groups is 1. The van der Waals surface area contributed by atoms with E-state index in [1.54, 1.807) is 10.9 Å². The van der Waals surface area contributed by atoms with E-state index in [-0.39, 0.29) is 18.7 Å². The third-order valence-corrected chi connectivity index (χ3v) is 4.11. The van der Waals surface area contributed by atoms with Gasteiger partial charge in [-0.15, -0.1) is 0 Å². The van der Waals surface area contributed by atoms with Crippen molar-refractivity contribution in [3.63, 3.8) is 0 Å². The largest absolute Gasteiger partial charge is 0.394 e. The van der Waals surface area contributed by atoms with Gasteiger partial charge >= 0.3 is 0 Å². The lowest BCUT2D eigenvalue weighted by Crippen LogP contribution is -2.55. The molecule has 3 rings (SSSR count). The molecule has 0 amide bonds. The van der Waals surface area contributed by atoms with Crippen molar-refractivity contribution in [1.29, 1.82) is 5.41 Å². The molecular weight excluding hydrogens is 306 g/mol. The van der Waals surface area contributed by atoms with Crippen molar-refractivity contribution < 1.29 is 19.8 Å². The van der Waals surface area contributed by atoms with Gasteiger partial charge in [0, 0.05) is 6.42 Å². The highest BCUT2D eigenvalue weighted by Gasteiger charge is 2.39. The summed E-state index contributed by atoms with van der Waals surface area (Å²) in [5, 5.41) is 32.1. The first-order chi connectivity index (χ1) is 11.0. The summed E-state index contributed by atoms with van der Waals surface area (Å²) in [4.78, 5) is 11.4. The minimum absolute atomic E-state index is 0.135. The number of aromatic nitrogens is 2. The van der Waals surface area contributed by atoms with Crippen LogP contribution in [0.25, 0.3) is 0 Å². The summed E-state index contributed by atoms with van der Waals surface area (Å²) in [6.45, 7) is -0.240. The number of nitrogens with zero attached hydrogens (tertiary/aromatic N) is 4. The molecule has 0 saturated carbocycles. The maximum Gasteiger partial charge on any atom is 0.184 e. The molecule has 2 aliphatic rings. The number of aliphatic hydroxyl groups excluding tert-OH is 2. The van der Waals surface area contributed by atoms with Gasteiger partial charge in [0.05, 0.1) is 26.1 Å². The monoisotopic (exact) mass is 328 g/mol. The maximum atomic E-state index is 9.92. The number of aliphatic hydroxyl groups is 2. The number of hydroxylamine groups is 2. The van der Waals surface area contributed by atoms with Gasteiger partial charge in [-0.2, -0.15) is 5.06 Å². The van der Waals surface area contributed by atoms with Crippen LogP contribution >= 0.6 is 0 Å². The van der Waals surface area contributed by atoms with Crippen LogP contribution < -0.4 is 5.32 Å². The quantitative estimate of drug-likeness (QED) is 0.519. The van der Waals surface area contributed by atoms with E-state index in [2.05, 4.69) is 10.3 Å². The summed E-state index contributed by atoms with van der Waals surface area (Å²) in [6.07, 6.45) is -0.253. The van der Waals surface area contributed by atoms with Gasteiger partial charge in [0.1, 0.15) is 23.8 Å². The number of anilines is 1. The van der Waals surface area contributed by atoms with E-state index in [9.17, 15) is 10.2 Å². The average molecular weight is 328 g/mol. The number of nitrogens with one attached hydrogen (secondary N) is 2. The van der Waals surface area contributed by atoms with Crippen LogP contribution in [0.1, 0.15) is 18.3 Å². The van der Waals surface area contributed by atoms with Gasteiger partial charge < -0.3 is 20.3 Å². The van der Waals surface area contributed by atoms with Crippen molar-refractivity contribution in [2.45, 2.75) is 31.1 Å². The van der Waals surface area contributed by atoms with Crippen LogP contribution in [0.2, 0.25) is 0 Å². The van der Waals surface area contributed by atoms with Crippen molar-refractivity contribution >= 4 is 11.7 Å². The Balaban J connectivity index is 1.92. The number of imidazole rings is 1. The smallest absolute Gasteiger partial charge is 0.184 e. The minimum Gasteiger partial charge on any atom is -0.394 e. The molecule has 1 fully saturated rings. The molecule has 0 aliphatic carbocycles. The molecule has 3 heterocycles. The van der Waals surface area contributed by atoms with Gasteiger partial charge in [-0.3, -0.25) is 19.7 Å². The molecule has 0 radical (unpaired) electrons. The second-order valence-electron chi connectivity index (χ2n) is 5.80. The molecule has 0 spiro atoms. The first-order valence-electron chi connectivity index (χ1n) is 7.34. The van der Waals surface area contributed by atoms with E-state index < -0.39 is 18.4 Å². The van der Waals surface area contributed by atoms with E-state index in [1.165, 1.54) is 12.2 Å². The molecule has 0 bridgehead atoms. The van der Waals surface area contributed by atoms with Crippen LogP contribution in [0.15, 0.2) is 6.33 Å². The minimum atomic E-state index is -0.730. The first-order valence-corrected chi connectivity index (χ1v) is 7.34. The highest BCUT2D eigenvalue weighted by Crippen LogP contribution is 2.34. The molecule has 23 heavy (non-hydrogen) atoms. The lowest BCUT2D eigenvalue weighted by molar-refractivity contribution is -0.126. The average Bonchev–Trinajstić information content (AvgIpc) is 3.10. The van der Waals surface area contributed by atoms with Crippen LogP contribution in [0, 0.1) is 5.41 Å². The van der Waals surface area contributed by atoms with Crippen molar-refractivity contribution in [2.24, 2.45) is 0 Å². The van der Waals surface area contributed by atoms with Gasteiger partial charge in [-0.05, 0) is 14.1 Å². The zero-order valence-corrected chi connectivity index (χ0v) is 13.3. The molecule has 10 nitrogen and oxygen atoms in total. The van der Waals surface area contributed by atoms with Gasteiger partial charge in [0.2, 0.25) is 0 Å². The lowest BCUT2D eigenvalue weighted by Gasteiger charge is -2.39. The van der Waals surface area contributed by atoms with Gasteiger partial charge in [-0.1, -0.05) is 0 Å². The molecule has 1 unspecified atom stereocenters. The summed E-state index contributed by atoms with van der Waals surface area (Å²) in [6, 6.07) is 0. The van der Waals surface area contributed by atoms with Gasteiger partial charge in [0.25, 0.3) is 0 Å². The maximum absolute atomic E-state index is 9.92. The molecule has 10 heteroatoms. The van der Waals surface area contributed by atoms with Crippen molar-refractivity contribution in [3.8, 4) is 0 Å². The van der Waals surface area contributed by atoms with Crippen LogP contribution in [0.3, 0.4) is 0 Å². The molecule has 2 aliphatic heterocycles. The van der Waals surface area contributed by atoms with Crippen molar-refractivity contribution in [3.05, 3.63) is 12.0 Å². The van der Waals surface area contributed by atoms with E-state index >= 15 is 0 Å². The predicted molar refractivity (Wildman–Crippen MR) is 80.6 cm³/mol. The summed E-state index contributed by atoms with van der Waals surface area (Å²) in [5.74, 6) is 0.758. The number of rotatable bonds is 4. The van der Waals surface area contributed by atoms with Crippen LogP contribution in [0.4, 0.5) is 5.82 Å². The Morgan fingerprint density at radius 3 is 2.87 bits per heavy atom. The second-order valence-corrected chi connectivity index (χ2v) is 5.80. The molecule has 4 atom stereocenters. The third-order valence-electron chi connectivity index (χ3n) is 4.11. The van der Waals surface area contributed by atoms with Gasteiger partial charge in [-0.25, -0.2) is 4.98 Å². The Labute approximate surface area is 133 Å². The van der Waals surface area contributed by atoms with Crippen molar-refractivity contribution in [1.82, 2.24) is 19.5 Å². The summed E-state index contributed by atoms with van der Waals surface area (Å²) >= 11 is 0. The fourth-order valence-electron chi connectivity index (χ4n) is 2.88. The van der Waals surface area contributed by atoms with Crippen LogP contribution in [0.5, 0.6) is 0 Å². The SMILES string of the molecule is CON1C(=[15NH])c2[15n]cn([C@H]3C[C@H](O)[C@@H](CO)O3)c2NC1N(C)C. The Kier molecular flexibility index (Phi) is 4.25. The highest BCUT2D eigenvalue weighted by atomic mass is 16.7. The van der Waals surface area contributed by atoms with Crippen LogP contribution in [-0.2, 0) is 9.57 Å². The molecule has 1 aromatic rings. The number of ether oxygens (including phenoxy) is 1. The Morgan fingerprint density at radius 1 is 1.57 bits per heavy atom. The lowest BCUT2D eigenvalue weighted by atomic mass is 10.2.